The molecule has 0 fully saturated rings. The van der Waals surface area contributed by atoms with Gasteiger partial charge in [0.25, 0.3) is 0 Å². The van der Waals surface area contributed by atoms with Gasteiger partial charge in [-0.05, 0) is 12.1 Å². The maximum absolute atomic E-state index is 11.4. The highest BCUT2D eigenvalue weighted by Crippen LogP contribution is 2.16. The van der Waals surface area contributed by atoms with E-state index in [1.807, 2.05) is 0 Å². The Morgan fingerprint density at radius 2 is 2.06 bits per heavy atom. The highest BCUT2D eigenvalue weighted by Gasteiger charge is 2.12. The Bertz CT molecular complexity index is 428. The summed E-state index contributed by atoms with van der Waals surface area (Å²) < 4.78 is 4.59. The second-order valence-corrected chi connectivity index (χ2v) is 3.29. The lowest BCUT2D eigenvalue weighted by molar-refractivity contribution is -0.118. The highest BCUT2D eigenvalue weighted by molar-refractivity contribution is 6.01. The number of esters is 1. The molecule has 0 aliphatic carbocycles. The van der Waals surface area contributed by atoms with Gasteiger partial charge in [-0.25, -0.2) is 4.79 Å². The van der Waals surface area contributed by atoms with E-state index in [9.17, 15) is 14.4 Å². The number of methoxy groups -OCH3 is 1. The van der Waals surface area contributed by atoms with Crippen molar-refractivity contribution in [1.82, 2.24) is 0 Å². The van der Waals surface area contributed by atoms with Gasteiger partial charge >= 0.3 is 5.97 Å². The first-order valence-corrected chi connectivity index (χ1v) is 5.10. The molecule has 0 aliphatic heterocycles. The minimum Gasteiger partial charge on any atom is -0.465 e. The Labute approximate surface area is 98.8 Å². The summed E-state index contributed by atoms with van der Waals surface area (Å²) in [6.07, 6.45) is 0.928. The summed E-state index contributed by atoms with van der Waals surface area (Å²) in [5.41, 5.74) is 0.671. The summed E-state index contributed by atoms with van der Waals surface area (Å²) in [5, 5.41) is 2.56. The van der Waals surface area contributed by atoms with Crippen molar-refractivity contribution in [1.29, 1.82) is 0 Å². The molecular weight excluding hydrogens is 222 g/mol. The van der Waals surface area contributed by atoms with Gasteiger partial charge in [-0.15, -0.1) is 0 Å². The topological polar surface area (TPSA) is 72.5 Å². The van der Waals surface area contributed by atoms with E-state index >= 15 is 0 Å². The number of aldehydes is 1. The van der Waals surface area contributed by atoms with Crippen LogP contribution in [0.5, 0.6) is 0 Å². The number of carbonyl (C=O) groups is 3. The zero-order valence-electron chi connectivity index (χ0n) is 9.43. The summed E-state index contributed by atoms with van der Waals surface area (Å²) in [6.45, 7) is 0. The summed E-state index contributed by atoms with van der Waals surface area (Å²) in [6, 6.07) is 6.53. The fraction of sp³-hybridized carbons (Fsp3) is 0.250. The van der Waals surface area contributed by atoms with E-state index in [1.165, 1.54) is 7.11 Å². The predicted octanol–water partition coefficient (Wildman–Crippen LogP) is 1.39. The summed E-state index contributed by atoms with van der Waals surface area (Å²) >= 11 is 0. The van der Waals surface area contributed by atoms with Crippen LogP contribution in [0.1, 0.15) is 23.2 Å². The van der Waals surface area contributed by atoms with E-state index < -0.39 is 5.97 Å². The molecule has 0 spiro atoms. The van der Waals surface area contributed by atoms with Gasteiger partial charge in [-0.3, -0.25) is 4.79 Å². The molecule has 1 aromatic carbocycles. The van der Waals surface area contributed by atoms with E-state index in [0.29, 0.717) is 12.0 Å². The third-order valence-corrected chi connectivity index (χ3v) is 2.10. The molecule has 0 saturated carbocycles. The lowest BCUT2D eigenvalue weighted by Gasteiger charge is -2.08. The van der Waals surface area contributed by atoms with Crippen LogP contribution in [0.3, 0.4) is 0 Å². The number of hydrogen-bond acceptors (Lipinski definition) is 4. The summed E-state index contributed by atoms with van der Waals surface area (Å²) in [4.78, 5) is 32.9. The number of ether oxygens (including phenoxy) is 1. The molecule has 0 aromatic heterocycles. The third-order valence-electron chi connectivity index (χ3n) is 2.10. The molecule has 0 unspecified atom stereocenters. The molecule has 0 saturated heterocycles. The smallest absolute Gasteiger partial charge is 0.339 e. The number of para-hydroxylation sites is 1. The third kappa shape index (κ3) is 3.71. The molecule has 0 aliphatic rings. The SMILES string of the molecule is COC(=O)c1ccccc1NC(=O)CCC=O. The lowest BCUT2D eigenvalue weighted by Crippen LogP contribution is -2.14. The first-order chi connectivity index (χ1) is 8.19. The normalized spacial score (nSPS) is 9.47. The minimum absolute atomic E-state index is 0.0962. The molecule has 1 rings (SSSR count). The zero-order chi connectivity index (χ0) is 12.7. The van der Waals surface area contributed by atoms with Crippen LogP contribution in [0, 0.1) is 0 Å². The van der Waals surface area contributed by atoms with Crippen LogP contribution in [0.15, 0.2) is 24.3 Å². The molecule has 0 radical (unpaired) electrons. The summed E-state index contributed by atoms with van der Waals surface area (Å²) in [5.74, 6) is -0.829. The fourth-order valence-electron chi connectivity index (χ4n) is 1.28. The number of nitrogens with one attached hydrogen (secondary N) is 1. The van der Waals surface area contributed by atoms with Crippen LogP contribution < -0.4 is 5.32 Å². The van der Waals surface area contributed by atoms with E-state index in [2.05, 4.69) is 10.1 Å². The Hall–Kier alpha value is -2.17. The van der Waals surface area contributed by atoms with Crippen LogP contribution in [0.25, 0.3) is 0 Å². The van der Waals surface area contributed by atoms with Crippen molar-refractivity contribution in [2.75, 3.05) is 12.4 Å². The van der Waals surface area contributed by atoms with Gasteiger partial charge in [0.2, 0.25) is 5.91 Å². The van der Waals surface area contributed by atoms with Crippen molar-refractivity contribution >= 4 is 23.9 Å². The van der Waals surface area contributed by atoms with E-state index in [4.69, 9.17) is 0 Å². The van der Waals surface area contributed by atoms with Gasteiger partial charge in [0, 0.05) is 12.8 Å². The number of benzene rings is 1. The number of hydrogen-bond donors (Lipinski definition) is 1. The van der Waals surface area contributed by atoms with Crippen LogP contribution in [0.2, 0.25) is 0 Å². The molecule has 17 heavy (non-hydrogen) atoms. The van der Waals surface area contributed by atoms with Gasteiger partial charge in [0.1, 0.15) is 6.29 Å². The summed E-state index contributed by atoms with van der Waals surface area (Å²) in [7, 11) is 1.27. The Morgan fingerprint density at radius 3 is 2.71 bits per heavy atom. The molecule has 5 heteroatoms. The maximum Gasteiger partial charge on any atom is 0.339 e. The van der Waals surface area contributed by atoms with Crippen molar-refractivity contribution in [2.45, 2.75) is 12.8 Å². The largest absolute Gasteiger partial charge is 0.465 e. The van der Waals surface area contributed by atoms with Gasteiger partial charge in [0.15, 0.2) is 0 Å². The molecule has 1 N–H and O–H groups in total. The van der Waals surface area contributed by atoms with Crippen molar-refractivity contribution in [3.05, 3.63) is 29.8 Å². The van der Waals surface area contributed by atoms with Crippen LogP contribution in [0.4, 0.5) is 5.69 Å². The zero-order valence-corrected chi connectivity index (χ0v) is 9.43. The number of rotatable bonds is 5. The maximum atomic E-state index is 11.4. The molecule has 0 atom stereocenters. The van der Waals surface area contributed by atoms with E-state index in [0.717, 1.165) is 0 Å². The van der Waals surface area contributed by atoms with Crippen LogP contribution >= 0.6 is 0 Å². The first kappa shape index (κ1) is 12.9. The van der Waals surface area contributed by atoms with E-state index in [-0.39, 0.29) is 24.3 Å². The average molecular weight is 235 g/mol. The van der Waals surface area contributed by atoms with Crippen LogP contribution in [-0.4, -0.2) is 25.3 Å². The van der Waals surface area contributed by atoms with Gasteiger partial charge < -0.3 is 14.8 Å². The van der Waals surface area contributed by atoms with E-state index in [1.54, 1.807) is 24.3 Å². The van der Waals surface area contributed by atoms with Crippen molar-refractivity contribution in [3.8, 4) is 0 Å². The molecule has 90 valence electrons. The highest BCUT2D eigenvalue weighted by atomic mass is 16.5. The van der Waals surface area contributed by atoms with Crippen molar-refractivity contribution in [2.24, 2.45) is 0 Å². The van der Waals surface area contributed by atoms with Crippen molar-refractivity contribution in [3.63, 3.8) is 0 Å². The first-order valence-electron chi connectivity index (χ1n) is 5.10. The standard InChI is InChI=1S/C12H13NO4/c1-17-12(16)9-5-2-3-6-10(9)13-11(15)7-4-8-14/h2-3,5-6,8H,4,7H2,1H3,(H,13,15). The lowest BCUT2D eigenvalue weighted by atomic mass is 10.1. The van der Waals surface area contributed by atoms with Gasteiger partial charge in [-0.2, -0.15) is 0 Å². The van der Waals surface area contributed by atoms with Crippen molar-refractivity contribution < 1.29 is 19.1 Å². The number of amides is 1. The molecule has 1 amide bonds. The molecule has 0 bridgehead atoms. The molecule has 1 aromatic rings. The van der Waals surface area contributed by atoms with Gasteiger partial charge in [-0.1, -0.05) is 12.1 Å². The Balaban J connectivity index is 2.79. The molecule has 5 nitrogen and oxygen atoms in total. The minimum atomic E-state index is -0.517. The average Bonchev–Trinajstić information content (AvgIpc) is 2.36. The predicted molar refractivity (Wildman–Crippen MR) is 61.7 cm³/mol. The van der Waals surface area contributed by atoms with Crippen LogP contribution in [-0.2, 0) is 14.3 Å². The number of carbonyl (C=O) groups excluding carboxylic acids is 3. The molecule has 0 heterocycles. The Kier molecular flexibility index (Phi) is 4.87. The second-order valence-electron chi connectivity index (χ2n) is 3.29. The molecular formula is C12H13NO4. The van der Waals surface area contributed by atoms with Gasteiger partial charge in [0.05, 0.1) is 18.4 Å². The monoisotopic (exact) mass is 235 g/mol. The quantitative estimate of drug-likeness (QED) is 0.618. The fourth-order valence-corrected chi connectivity index (χ4v) is 1.28. The Morgan fingerprint density at radius 1 is 1.35 bits per heavy atom. The second kappa shape index (κ2) is 6.42. The number of anilines is 1.